The number of ether oxygens (including phenoxy) is 3. The minimum Gasteiger partial charge on any atom is -0.493 e. The van der Waals surface area contributed by atoms with E-state index in [0.717, 1.165) is 11.1 Å². The van der Waals surface area contributed by atoms with Gasteiger partial charge in [-0.3, -0.25) is 4.79 Å². The molecule has 1 atom stereocenters. The maximum absolute atomic E-state index is 12.2. The average molecular weight is 329 g/mol. The molecule has 5 nitrogen and oxygen atoms in total. The summed E-state index contributed by atoms with van der Waals surface area (Å²) in [6, 6.07) is 13.2. The van der Waals surface area contributed by atoms with Crippen LogP contribution in [0.15, 0.2) is 42.5 Å². The third kappa shape index (κ3) is 4.41. The van der Waals surface area contributed by atoms with Crippen LogP contribution < -0.4 is 19.5 Å². The number of rotatable bonds is 7. The molecule has 0 saturated carbocycles. The summed E-state index contributed by atoms with van der Waals surface area (Å²) in [5.41, 5.74) is 1.92. The average Bonchev–Trinajstić information content (AvgIpc) is 2.61. The Hall–Kier alpha value is -2.69. The molecule has 0 unspecified atom stereocenters. The maximum atomic E-state index is 12.2. The van der Waals surface area contributed by atoms with Crippen molar-refractivity contribution in [1.82, 2.24) is 5.32 Å². The van der Waals surface area contributed by atoms with Gasteiger partial charge in [0.05, 0.1) is 14.2 Å². The van der Waals surface area contributed by atoms with Gasteiger partial charge in [0, 0.05) is 6.54 Å². The van der Waals surface area contributed by atoms with Crippen LogP contribution in [0.3, 0.4) is 0 Å². The van der Waals surface area contributed by atoms with Gasteiger partial charge in [0.2, 0.25) is 0 Å². The van der Waals surface area contributed by atoms with Crippen molar-refractivity contribution in [2.45, 2.75) is 26.5 Å². The third-order valence-electron chi connectivity index (χ3n) is 3.68. The molecule has 0 saturated heterocycles. The highest BCUT2D eigenvalue weighted by molar-refractivity contribution is 5.80. The molecule has 0 fully saturated rings. The van der Waals surface area contributed by atoms with Crippen molar-refractivity contribution in [2.24, 2.45) is 0 Å². The molecule has 2 rings (SSSR count). The molecule has 2 aromatic carbocycles. The Bertz CT molecular complexity index is 700. The SMILES string of the molecule is COc1ccc(CNC(=O)[C@H](C)Oc2ccccc2C)cc1OC. The maximum Gasteiger partial charge on any atom is 0.261 e. The lowest BCUT2D eigenvalue weighted by Crippen LogP contribution is -2.36. The number of hydrogen-bond donors (Lipinski definition) is 1. The quantitative estimate of drug-likeness (QED) is 0.848. The van der Waals surface area contributed by atoms with Gasteiger partial charge >= 0.3 is 0 Å². The molecular formula is C19H23NO4. The molecule has 2 aromatic rings. The Morgan fingerprint density at radius 1 is 1.04 bits per heavy atom. The molecule has 0 spiro atoms. The fourth-order valence-corrected chi connectivity index (χ4v) is 2.26. The van der Waals surface area contributed by atoms with Crippen molar-refractivity contribution in [3.63, 3.8) is 0 Å². The Kier molecular flexibility index (Phi) is 6.07. The lowest BCUT2D eigenvalue weighted by Gasteiger charge is -2.16. The topological polar surface area (TPSA) is 56.8 Å². The molecule has 0 aliphatic carbocycles. The van der Waals surface area contributed by atoms with E-state index in [1.54, 1.807) is 21.1 Å². The zero-order valence-corrected chi connectivity index (χ0v) is 14.5. The molecule has 1 amide bonds. The van der Waals surface area contributed by atoms with Crippen LogP contribution in [0, 0.1) is 6.92 Å². The molecule has 5 heteroatoms. The van der Waals surface area contributed by atoms with Crippen LogP contribution in [0.25, 0.3) is 0 Å². The minimum absolute atomic E-state index is 0.173. The molecule has 0 heterocycles. The first-order chi connectivity index (χ1) is 11.5. The molecule has 128 valence electrons. The minimum atomic E-state index is -0.578. The normalized spacial score (nSPS) is 11.5. The van der Waals surface area contributed by atoms with Crippen molar-refractivity contribution in [2.75, 3.05) is 14.2 Å². The van der Waals surface area contributed by atoms with Gasteiger partial charge < -0.3 is 19.5 Å². The van der Waals surface area contributed by atoms with Crippen LogP contribution in [-0.4, -0.2) is 26.2 Å². The molecule has 1 N–H and O–H groups in total. The van der Waals surface area contributed by atoms with Gasteiger partial charge in [0.1, 0.15) is 5.75 Å². The van der Waals surface area contributed by atoms with Crippen LogP contribution >= 0.6 is 0 Å². The van der Waals surface area contributed by atoms with Crippen molar-refractivity contribution in [3.8, 4) is 17.2 Å². The lowest BCUT2D eigenvalue weighted by molar-refractivity contribution is -0.127. The third-order valence-corrected chi connectivity index (χ3v) is 3.68. The molecule has 0 aliphatic heterocycles. The van der Waals surface area contributed by atoms with Gasteiger partial charge in [-0.1, -0.05) is 24.3 Å². The number of aryl methyl sites for hydroxylation is 1. The van der Waals surface area contributed by atoms with Crippen molar-refractivity contribution >= 4 is 5.91 Å². The highest BCUT2D eigenvalue weighted by Gasteiger charge is 2.15. The van der Waals surface area contributed by atoms with Gasteiger partial charge in [0.15, 0.2) is 17.6 Å². The Morgan fingerprint density at radius 2 is 1.75 bits per heavy atom. The number of amides is 1. The van der Waals surface area contributed by atoms with Crippen molar-refractivity contribution in [3.05, 3.63) is 53.6 Å². The van der Waals surface area contributed by atoms with Gasteiger partial charge in [-0.25, -0.2) is 0 Å². The van der Waals surface area contributed by atoms with Gasteiger partial charge in [-0.05, 0) is 43.2 Å². The number of nitrogens with one attached hydrogen (secondary N) is 1. The fraction of sp³-hybridized carbons (Fsp3) is 0.316. The standard InChI is InChI=1S/C19H23NO4/c1-13-7-5-6-8-16(13)24-14(2)19(21)20-12-15-9-10-17(22-3)18(11-15)23-4/h5-11,14H,12H2,1-4H3,(H,20,21)/t14-/m0/s1. The highest BCUT2D eigenvalue weighted by atomic mass is 16.5. The van der Waals surface area contributed by atoms with E-state index in [2.05, 4.69) is 5.32 Å². The van der Waals surface area contributed by atoms with E-state index in [-0.39, 0.29) is 5.91 Å². The zero-order chi connectivity index (χ0) is 17.5. The van der Waals surface area contributed by atoms with Crippen molar-refractivity contribution < 1.29 is 19.0 Å². The largest absolute Gasteiger partial charge is 0.493 e. The van der Waals surface area contributed by atoms with Crippen LogP contribution in [0.5, 0.6) is 17.2 Å². The number of carbonyl (C=O) groups is 1. The van der Waals surface area contributed by atoms with E-state index in [9.17, 15) is 4.79 Å². The van der Waals surface area contributed by atoms with Gasteiger partial charge in [-0.15, -0.1) is 0 Å². The number of hydrogen-bond acceptors (Lipinski definition) is 4. The summed E-state index contributed by atoms with van der Waals surface area (Å²) in [4.78, 5) is 12.2. The second-order valence-electron chi connectivity index (χ2n) is 5.43. The van der Waals surface area contributed by atoms with E-state index in [1.165, 1.54) is 0 Å². The van der Waals surface area contributed by atoms with Crippen LogP contribution in [0.4, 0.5) is 0 Å². The van der Waals surface area contributed by atoms with Crippen molar-refractivity contribution in [1.29, 1.82) is 0 Å². The lowest BCUT2D eigenvalue weighted by atomic mass is 10.2. The predicted octanol–water partition coefficient (Wildman–Crippen LogP) is 3.10. The van der Waals surface area contributed by atoms with E-state index < -0.39 is 6.10 Å². The van der Waals surface area contributed by atoms with E-state index in [4.69, 9.17) is 14.2 Å². The second-order valence-corrected chi connectivity index (χ2v) is 5.43. The van der Waals surface area contributed by atoms with Crippen LogP contribution in [0.2, 0.25) is 0 Å². The molecule has 0 radical (unpaired) electrons. The summed E-state index contributed by atoms with van der Waals surface area (Å²) in [5, 5.41) is 2.87. The summed E-state index contributed by atoms with van der Waals surface area (Å²) in [5.74, 6) is 1.83. The highest BCUT2D eigenvalue weighted by Crippen LogP contribution is 2.27. The fourth-order valence-electron chi connectivity index (χ4n) is 2.26. The zero-order valence-electron chi connectivity index (χ0n) is 14.5. The van der Waals surface area contributed by atoms with Crippen LogP contribution in [-0.2, 0) is 11.3 Å². The number of carbonyl (C=O) groups excluding carboxylic acids is 1. The monoisotopic (exact) mass is 329 g/mol. The molecule has 0 bridgehead atoms. The molecular weight excluding hydrogens is 306 g/mol. The second kappa shape index (κ2) is 8.24. The van der Waals surface area contributed by atoms with Gasteiger partial charge in [-0.2, -0.15) is 0 Å². The number of para-hydroxylation sites is 1. The summed E-state index contributed by atoms with van der Waals surface area (Å²) in [6.45, 7) is 4.07. The summed E-state index contributed by atoms with van der Waals surface area (Å²) in [7, 11) is 3.17. The Labute approximate surface area is 142 Å². The van der Waals surface area contributed by atoms with Crippen LogP contribution in [0.1, 0.15) is 18.1 Å². The summed E-state index contributed by atoms with van der Waals surface area (Å²) >= 11 is 0. The van der Waals surface area contributed by atoms with E-state index in [0.29, 0.717) is 23.8 Å². The number of methoxy groups -OCH3 is 2. The summed E-state index contributed by atoms with van der Waals surface area (Å²) in [6.07, 6.45) is -0.578. The first-order valence-corrected chi connectivity index (χ1v) is 7.76. The Morgan fingerprint density at radius 3 is 2.42 bits per heavy atom. The van der Waals surface area contributed by atoms with Gasteiger partial charge in [0.25, 0.3) is 5.91 Å². The Balaban J connectivity index is 1.94. The van der Waals surface area contributed by atoms with E-state index in [1.807, 2.05) is 49.4 Å². The predicted molar refractivity (Wildman–Crippen MR) is 92.7 cm³/mol. The number of benzene rings is 2. The van der Waals surface area contributed by atoms with E-state index >= 15 is 0 Å². The first-order valence-electron chi connectivity index (χ1n) is 7.76. The molecule has 0 aromatic heterocycles. The smallest absolute Gasteiger partial charge is 0.261 e. The first kappa shape index (κ1) is 17.7. The molecule has 24 heavy (non-hydrogen) atoms. The molecule has 0 aliphatic rings. The summed E-state index contributed by atoms with van der Waals surface area (Å²) < 4.78 is 16.2.